The van der Waals surface area contributed by atoms with Crippen LogP contribution < -0.4 is 0 Å². The second-order valence-corrected chi connectivity index (χ2v) is 6.42. The van der Waals surface area contributed by atoms with Crippen molar-refractivity contribution in [1.29, 1.82) is 0 Å². The third-order valence-electron chi connectivity index (χ3n) is 2.63. The second kappa shape index (κ2) is 5.14. The van der Waals surface area contributed by atoms with E-state index < -0.39 is 0 Å². The van der Waals surface area contributed by atoms with Crippen molar-refractivity contribution in [3.63, 3.8) is 0 Å². The molecular weight excluding hydrogens is 151 g/mol. The molecule has 0 aliphatic carbocycles. The van der Waals surface area contributed by atoms with Gasteiger partial charge in [-0.3, -0.25) is 0 Å². The Morgan fingerprint density at radius 2 is 2.09 bits per heavy atom. The Kier molecular flexibility index (Phi) is 4.45. The van der Waals surface area contributed by atoms with E-state index in [4.69, 9.17) is 0 Å². The molecular formula is C10H21P. The maximum absolute atomic E-state index is 2.34. The Hall–Kier alpha value is 0.430. The molecule has 1 rings (SSSR count). The molecule has 1 aliphatic rings. The summed E-state index contributed by atoms with van der Waals surface area (Å²) in [5.74, 6) is 0. The number of rotatable bonds is 4. The van der Waals surface area contributed by atoms with Gasteiger partial charge in [0.25, 0.3) is 0 Å². The molecule has 11 heavy (non-hydrogen) atoms. The Morgan fingerprint density at radius 1 is 1.27 bits per heavy atom. The molecule has 0 N–H and O–H groups in total. The first-order valence-corrected chi connectivity index (χ1v) is 6.90. The second-order valence-electron chi connectivity index (χ2n) is 3.62. The first-order valence-electron chi connectivity index (χ1n) is 5.12. The van der Waals surface area contributed by atoms with Gasteiger partial charge in [0.2, 0.25) is 0 Å². The van der Waals surface area contributed by atoms with Crippen LogP contribution in [-0.4, -0.2) is 18.0 Å². The average molecular weight is 172 g/mol. The number of hydrogen-bond donors (Lipinski definition) is 0. The molecule has 2 unspecified atom stereocenters. The lowest BCUT2D eigenvalue weighted by Crippen LogP contribution is -2.00. The lowest BCUT2D eigenvalue weighted by molar-refractivity contribution is 0.697. The molecule has 0 saturated carbocycles. The fourth-order valence-corrected chi connectivity index (χ4v) is 5.43. The van der Waals surface area contributed by atoms with Gasteiger partial charge in [0.15, 0.2) is 0 Å². The third-order valence-corrected chi connectivity index (χ3v) is 6.09. The standard InChI is InChI=1S/C10H21P/c1-3-6-10-7-5-9-11(10)8-4-2/h10H,3-9H2,1-2H3. The minimum Gasteiger partial charge on any atom is -0.104 e. The van der Waals surface area contributed by atoms with Crippen molar-refractivity contribution >= 4 is 7.92 Å². The highest BCUT2D eigenvalue weighted by Crippen LogP contribution is 2.51. The lowest BCUT2D eigenvalue weighted by Gasteiger charge is -2.18. The zero-order valence-electron chi connectivity index (χ0n) is 7.97. The Labute approximate surface area is 72.5 Å². The first-order chi connectivity index (χ1) is 5.38. The van der Waals surface area contributed by atoms with Crippen molar-refractivity contribution in [2.24, 2.45) is 0 Å². The topological polar surface area (TPSA) is 0 Å². The average Bonchev–Trinajstić information content (AvgIpc) is 2.39. The zero-order valence-corrected chi connectivity index (χ0v) is 8.87. The molecule has 1 saturated heterocycles. The Balaban J connectivity index is 2.25. The SMILES string of the molecule is CCCC1CCCP1CCC. The van der Waals surface area contributed by atoms with Crippen LogP contribution in [-0.2, 0) is 0 Å². The molecule has 0 nitrogen and oxygen atoms in total. The van der Waals surface area contributed by atoms with E-state index in [1.807, 2.05) is 0 Å². The van der Waals surface area contributed by atoms with E-state index in [0.717, 1.165) is 5.66 Å². The van der Waals surface area contributed by atoms with Crippen LogP contribution in [0.4, 0.5) is 0 Å². The van der Waals surface area contributed by atoms with Crippen molar-refractivity contribution in [3.8, 4) is 0 Å². The summed E-state index contributed by atoms with van der Waals surface area (Å²) in [6.45, 7) is 4.67. The summed E-state index contributed by atoms with van der Waals surface area (Å²) in [6, 6.07) is 0. The molecule has 1 heterocycles. The molecule has 1 aliphatic heterocycles. The van der Waals surface area contributed by atoms with Gasteiger partial charge in [-0.05, 0) is 37.2 Å². The zero-order chi connectivity index (χ0) is 8.10. The van der Waals surface area contributed by atoms with Crippen molar-refractivity contribution in [2.45, 2.75) is 51.6 Å². The molecule has 1 heteroatoms. The molecule has 66 valence electrons. The van der Waals surface area contributed by atoms with E-state index >= 15 is 0 Å². The summed E-state index contributed by atoms with van der Waals surface area (Å²) in [5, 5.41) is 0. The van der Waals surface area contributed by atoms with E-state index in [0.29, 0.717) is 7.92 Å². The van der Waals surface area contributed by atoms with Crippen LogP contribution in [0.15, 0.2) is 0 Å². The van der Waals surface area contributed by atoms with Crippen LogP contribution >= 0.6 is 7.92 Å². The summed E-state index contributed by atoms with van der Waals surface area (Å²) in [6.07, 6.45) is 10.6. The minimum absolute atomic E-state index is 0.485. The van der Waals surface area contributed by atoms with Gasteiger partial charge in [-0.25, -0.2) is 0 Å². The van der Waals surface area contributed by atoms with Gasteiger partial charge in [0.05, 0.1) is 0 Å². The number of hydrogen-bond acceptors (Lipinski definition) is 0. The molecule has 0 bridgehead atoms. The normalized spacial score (nSPS) is 31.1. The molecule has 1 fully saturated rings. The van der Waals surface area contributed by atoms with Crippen molar-refractivity contribution in [3.05, 3.63) is 0 Å². The predicted octanol–water partition coefficient (Wildman–Crippen LogP) is 3.84. The lowest BCUT2D eigenvalue weighted by atomic mass is 10.2. The largest absolute Gasteiger partial charge is 0.104 e. The van der Waals surface area contributed by atoms with Crippen LogP contribution in [0.2, 0.25) is 0 Å². The molecule has 2 atom stereocenters. The highest BCUT2D eigenvalue weighted by Gasteiger charge is 2.24. The summed E-state index contributed by atoms with van der Waals surface area (Å²) >= 11 is 0. The predicted molar refractivity (Wildman–Crippen MR) is 54.9 cm³/mol. The van der Waals surface area contributed by atoms with E-state index in [2.05, 4.69) is 13.8 Å². The fourth-order valence-electron chi connectivity index (χ4n) is 2.14. The molecule has 0 aromatic heterocycles. The van der Waals surface area contributed by atoms with Crippen LogP contribution in [0, 0.1) is 0 Å². The summed E-state index contributed by atoms with van der Waals surface area (Å²) in [4.78, 5) is 0. The molecule has 0 spiro atoms. The van der Waals surface area contributed by atoms with E-state index in [9.17, 15) is 0 Å². The van der Waals surface area contributed by atoms with E-state index in [1.54, 1.807) is 18.7 Å². The fraction of sp³-hybridized carbons (Fsp3) is 1.00. The van der Waals surface area contributed by atoms with Crippen molar-refractivity contribution in [2.75, 3.05) is 12.3 Å². The molecule has 0 radical (unpaired) electrons. The maximum atomic E-state index is 2.34. The monoisotopic (exact) mass is 172 g/mol. The van der Waals surface area contributed by atoms with Crippen LogP contribution in [0.3, 0.4) is 0 Å². The van der Waals surface area contributed by atoms with Gasteiger partial charge in [-0.1, -0.05) is 26.7 Å². The maximum Gasteiger partial charge on any atom is -0.0209 e. The Bertz CT molecular complexity index is 89.0. The van der Waals surface area contributed by atoms with Crippen molar-refractivity contribution in [1.82, 2.24) is 0 Å². The minimum atomic E-state index is 0.485. The van der Waals surface area contributed by atoms with Crippen LogP contribution in [0.1, 0.15) is 46.0 Å². The van der Waals surface area contributed by atoms with Crippen LogP contribution in [0.25, 0.3) is 0 Å². The van der Waals surface area contributed by atoms with Gasteiger partial charge in [0.1, 0.15) is 0 Å². The van der Waals surface area contributed by atoms with Gasteiger partial charge in [-0.15, -0.1) is 7.92 Å². The summed E-state index contributed by atoms with van der Waals surface area (Å²) in [5.41, 5.74) is 1.16. The molecule has 0 aromatic carbocycles. The molecule has 0 amide bonds. The van der Waals surface area contributed by atoms with Crippen molar-refractivity contribution < 1.29 is 0 Å². The van der Waals surface area contributed by atoms with E-state index in [-0.39, 0.29) is 0 Å². The summed E-state index contributed by atoms with van der Waals surface area (Å²) in [7, 11) is 0.485. The Morgan fingerprint density at radius 3 is 2.73 bits per heavy atom. The van der Waals surface area contributed by atoms with E-state index in [1.165, 1.54) is 25.7 Å². The highest BCUT2D eigenvalue weighted by atomic mass is 31.1. The van der Waals surface area contributed by atoms with Crippen LogP contribution in [0.5, 0.6) is 0 Å². The highest BCUT2D eigenvalue weighted by molar-refractivity contribution is 7.58. The summed E-state index contributed by atoms with van der Waals surface area (Å²) < 4.78 is 0. The van der Waals surface area contributed by atoms with Gasteiger partial charge in [-0.2, -0.15) is 0 Å². The molecule has 0 aromatic rings. The smallest absolute Gasteiger partial charge is 0.0209 e. The quantitative estimate of drug-likeness (QED) is 0.565. The van der Waals surface area contributed by atoms with Gasteiger partial charge in [0, 0.05) is 0 Å². The third kappa shape index (κ3) is 2.75. The first kappa shape index (κ1) is 9.52. The van der Waals surface area contributed by atoms with Gasteiger partial charge < -0.3 is 0 Å². The van der Waals surface area contributed by atoms with Gasteiger partial charge >= 0.3 is 0 Å².